The van der Waals surface area contributed by atoms with Crippen molar-refractivity contribution in [2.24, 2.45) is 0 Å². The Morgan fingerprint density at radius 3 is 2.46 bits per heavy atom. The smallest absolute Gasteiger partial charge is 0.228 e. The fourth-order valence-electron chi connectivity index (χ4n) is 2.42. The molecule has 7 heteroatoms. The molecule has 3 heterocycles. The van der Waals surface area contributed by atoms with Crippen LogP contribution in [0, 0.1) is 5.82 Å². The Labute approximate surface area is 148 Å². The summed E-state index contributed by atoms with van der Waals surface area (Å²) in [5.41, 5.74) is 1.56. The number of nitrogens with one attached hydrogen (secondary N) is 1. The summed E-state index contributed by atoms with van der Waals surface area (Å²) in [5.74, 6) is 0.925. The molecular weight excluding hydrogens is 331 g/mol. The van der Waals surface area contributed by atoms with Crippen LogP contribution in [0.4, 0.5) is 16.2 Å². The van der Waals surface area contributed by atoms with Gasteiger partial charge in [0.1, 0.15) is 11.6 Å². The second-order valence-corrected chi connectivity index (χ2v) is 5.38. The van der Waals surface area contributed by atoms with E-state index in [0.29, 0.717) is 28.8 Å². The van der Waals surface area contributed by atoms with Crippen molar-refractivity contribution in [2.75, 3.05) is 5.32 Å². The summed E-state index contributed by atoms with van der Waals surface area (Å²) in [6.07, 6.45) is 6.57. The zero-order valence-corrected chi connectivity index (χ0v) is 13.5. The van der Waals surface area contributed by atoms with E-state index in [0.717, 1.165) is 5.56 Å². The molecule has 1 aromatic carbocycles. The van der Waals surface area contributed by atoms with Crippen LogP contribution in [0.5, 0.6) is 0 Å². The van der Waals surface area contributed by atoms with Crippen LogP contribution in [-0.2, 0) is 0 Å². The van der Waals surface area contributed by atoms with Crippen LogP contribution >= 0.6 is 0 Å². The number of halogens is 1. The first-order chi connectivity index (χ1) is 12.8. The first-order valence-corrected chi connectivity index (χ1v) is 7.88. The van der Waals surface area contributed by atoms with E-state index in [4.69, 9.17) is 0 Å². The van der Waals surface area contributed by atoms with E-state index in [2.05, 4.69) is 30.2 Å². The van der Waals surface area contributed by atoms with Crippen molar-refractivity contribution in [3.05, 3.63) is 79.1 Å². The largest absolute Gasteiger partial charge is 0.309 e. The molecule has 0 unspecified atom stereocenters. The van der Waals surface area contributed by atoms with Gasteiger partial charge in [-0.2, -0.15) is 0 Å². The summed E-state index contributed by atoms with van der Waals surface area (Å²) in [6, 6.07) is 13.5. The molecule has 26 heavy (non-hydrogen) atoms. The van der Waals surface area contributed by atoms with Gasteiger partial charge < -0.3 is 5.32 Å². The summed E-state index contributed by atoms with van der Waals surface area (Å²) in [7, 11) is 0. The van der Waals surface area contributed by atoms with Gasteiger partial charge in [0.25, 0.3) is 0 Å². The van der Waals surface area contributed by atoms with Gasteiger partial charge in [-0.3, -0.25) is 4.98 Å². The maximum absolute atomic E-state index is 14.3. The van der Waals surface area contributed by atoms with E-state index < -0.39 is 0 Å². The summed E-state index contributed by atoms with van der Waals surface area (Å²) in [6.45, 7) is 0. The van der Waals surface area contributed by atoms with Gasteiger partial charge >= 0.3 is 0 Å². The quantitative estimate of drug-likeness (QED) is 0.605. The topological polar surface area (TPSA) is 76.5 Å². The highest BCUT2D eigenvalue weighted by molar-refractivity contribution is 5.68. The summed E-state index contributed by atoms with van der Waals surface area (Å²) < 4.78 is 14.3. The molecule has 0 atom stereocenters. The van der Waals surface area contributed by atoms with E-state index in [-0.39, 0.29) is 5.82 Å². The third kappa shape index (κ3) is 3.36. The molecule has 0 spiro atoms. The van der Waals surface area contributed by atoms with Gasteiger partial charge in [-0.05, 0) is 30.3 Å². The number of pyridine rings is 1. The maximum atomic E-state index is 14.3. The van der Waals surface area contributed by atoms with Crippen LogP contribution in [0.1, 0.15) is 0 Å². The molecule has 4 aromatic rings. The van der Waals surface area contributed by atoms with Crippen molar-refractivity contribution < 1.29 is 4.39 Å². The molecule has 0 amide bonds. The highest BCUT2D eigenvalue weighted by Gasteiger charge is 2.12. The average Bonchev–Trinajstić information content (AvgIpc) is 2.69. The molecule has 0 saturated heterocycles. The van der Waals surface area contributed by atoms with Crippen molar-refractivity contribution in [3.63, 3.8) is 0 Å². The predicted octanol–water partition coefficient (Wildman–Crippen LogP) is 3.88. The summed E-state index contributed by atoms with van der Waals surface area (Å²) in [5, 5.41) is 3.03. The van der Waals surface area contributed by atoms with Gasteiger partial charge in [0.15, 0.2) is 5.82 Å². The molecule has 0 aliphatic carbocycles. The Balaban J connectivity index is 1.83. The number of rotatable bonds is 4. The summed E-state index contributed by atoms with van der Waals surface area (Å²) >= 11 is 0. The van der Waals surface area contributed by atoms with Crippen LogP contribution < -0.4 is 5.32 Å². The van der Waals surface area contributed by atoms with E-state index in [9.17, 15) is 4.39 Å². The van der Waals surface area contributed by atoms with Gasteiger partial charge in [-0.1, -0.05) is 12.1 Å². The van der Waals surface area contributed by atoms with E-state index >= 15 is 0 Å². The molecule has 0 fully saturated rings. The van der Waals surface area contributed by atoms with Gasteiger partial charge in [0.05, 0.1) is 5.69 Å². The molecule has 4 rings (SSSR count). The van der Waals surface area contributed by atoms with Crippen molar-refractivity contribution in [1.82, 2.24) is 24.9 Å². The highest BCUT2D eigenvalue weighted by Crippen LogP contribution is 2.26. The Bertz CT molecular complexity index is 1020. The van der Waals surface area contributed by atoms with Crippen LogP contribution in [0.25, 0.3) is 22.6 Å². The Kier molecular flexibility index (Phi) is 4.26. The van der Waals surface area contributed by atoms with Crippen molar-refractivity contribution >= 4 is 11.8 Å². The van der Waals surface area contributed by atoms with Crippen molar-refractivity contribution in [2.45, 2.75) is 0 Å². The maximum Gasteiger partial charge on any atom is 0.228 e. The number of aromatic nitrogens is 5. The lowest BCUT2D eigenvalue weighted by molar-refractivity contribution is 0.630. The highest BCUT2D eigenvalue weighted by atomic mass is 19.1. The number of nitrogens with zero attached hydrogens (tertiary/aromatic N) is 5. The molecule has 1 N–H and O–H groups in total. The third-order valence-electron chi connectivity index (χ3n) is 3.60. The minimum Gasteiger partial charge on any atom is -0.309 e. The molecule has 126 valence electrons. The zero-order valence-electron chi connectivity index (χ0n) is 13.5. The Morgan fingerprint density at radius 1 is 0.846 bits per heavy atom. The number of anilines is 2. The SMILES string of the molecule is Fc1ccccc1-c1cc(Nc2ncccn2)nc(-c2cccnc2)n1. The van der Waals surface area contributed by atoms with Crippen molar-refractivity contribution in [3.8, 4) is 22.6 Å². The zero-order chi connectivity index (χ0) is 17.8. The second kappa shape index (κ2) is 7.02. The number of hydrogen-bond acceptors (Lipinski definition) is 6. The first kappa shape index (κ1) is 15.8. The average molecular weight is 344 g/mol. The van der Waals surface area contributed by atoms with Crippen molar-refractivity contribution in [1.29, 1.82) is 0 Å². The first-order valence-electron chi connectivity index (χ1n) is 7.88. The lowest BCUT2D eigenvalue weighted by Crippen LogP contribution is -2.02. The molecule has 0 saturated carbocycles. The molecule has 0 bridgehead atoms. The molecular formula is C19H13FN6. The Morgan fingerprint density at radius 2 is 1.69 bits per heavy atom. The molecule has 3 aromatic heterocycles. The normalized spacial score (nSPS) is 10.5. The van der Waals surface area contributed by atoms with E-state index in [1.807, 2.05) is 6.07 Å². The van der Waals surface area contributed by atoms with Gasteiger partial charge in [-0.25, -0.2) is 24.3 Å². The number of hydrogen-bond donors (Lipinski definition) is 1. The molecule has 0 aliphatic heterocycles. The standard InChI is InChI=1S/C19H13FN6/c20-15-7-2-1-6-14(15)16-11-17(26-19-22-9-4-10-23-19)25-18(24-16)13-5-3-8-21-12-13/h1-12H,(H,22,23,24,25,26). The van der Waals surface area contributed by atoms with Gasteiger partial charge in [0.2, 0.25) is 5.95 Å². The number of benzene rings is 1. The molecule has 6 nitrogen and oxygen atoms in total. The minimum absolute atomic E-state index is 0.356. The van der Waals surface area contributed by atoms with Gasteiger partial charge in [0, 0.05) is 42.0 Å². The van der Waals surface area contributed by atoms with Gasteiger partial charge in [-0.15, -0.1) is 0 Å². The lowest BCUT2D eigenvalue weighted by Gasteiger charge is -2.10. The third-order valence-corrected chi connectivity index (χ3v) is 3.60. The predicted molar refractivity (Wildman–Crippen MR) is 96.0 cm³/mol. The Hall–Kier alpha value is -3.74. The minimum atomic E-state index is -0.356. The molecule has 0 radical (unpaired) electrons. The lowest BCUT2D eigenvalue weighted by atomic mass is 10.1. The monoisotopic (exact) mass is 344 g/mol. The fraction of sp³-hybridized carbons (Fsp3) is 0. The van der Waals surface area contributed by atoms with E-state index in [1.165, 1.54) is 6.07 Å². The fourth-order valence-corrected chi connectivity index (χ4v) is 2.42. The van der Waals surface area contributed by atoms with Crippen LogP contribution in [0.2, 0.25) is 0 Å². The van der Waals surface area contributed by atoms with Crippen LogP contribution in [0.3, 0.4) is 0 Å². The second-order valence-electron chi connectivity index (χ2n) is 5.38. The van der Waals surface area contributed by atoms with Crippen LogP contribution in [0.15, 0.2) is 73.3 Å². The molecule has 0 aliphatic rings. The van der Waals surface area contributed by atoms with E-state index in [1.54, 1.807) is 61.2 Å². The van der Waals surface area contributed by atoms with Crippen LogP contribution in [-0.4, -0.2) is 24.9 Å². The summed E-state index contributed by atoms with van der Waals surface area (Å²) in [4.78, 5) is 21.3.